The fraction of sp³-hybridized carbons (Fsp3) is 0.176. The van der Waals surface area contributed by atoms with Crippen LogP contribution < -0.4 is 10.6 Å². The molecule has 0 unspecified atom stereocenters. The summed E-state index contributed by atoms with van der Waals surface area (Å²) >= 11 is 6.12. The Balaban J connectivity index is 1.95. The monoisotopic (exact) mass is 406 g/mol. The topological polar surface area (TPSA) is 129 Å². The highest BCUT2D eigenvalue weighted by molar-refractivity contribution is 6.33. The maximum Gasteiger partial charge on any atom is 0.313 e. The molecule has 0 aliphatic rings. The highest BCUT2D eigenvalue weighted by Crippen LogP contribution is 2.34. The Hall–Kier alpha value is -3.24. The Morgan fingerprint density at radius 3 is 2.61 bits per heavy atom. The number of aromatic amines is 1. The first-order chi connectivity index (χ1) is 13.4. The molecule has 28 heavy (non-hydrogen) atoms. The number of aryl methyl sites for hydroxylation is 1. The van der Waals surface area contributed by atoms with Crippen molar-refractivity contribution in [2.75, 3.05) is 17.2 Å². The molecular weight excluding hydrogens is 391 g/mol. The third-order valence-electron chi connectivity index (χ3n) is 3.87. The van der Waals surface area contributed by atoms with Gasteiger partial charge in [-0.25, -0.2) is 9.37 Å². The molecule has 3 aromatic rings. The SMILES string of the molecule is Cc1cc(Nc2nc(N[C@@H](CO)c3ccc(F)cc3)c([N+](=O)[O-])cc2Cl)n[nH]1. The summed E-state index contributed by atoms with van der Waals surface area (Å²) in [6.45, 7) is 1.42. The lowest BCUT2D eigenvalue weighted by Gasteiger charge is -2.18. The van der Waals surface area contributed by atoms with Crippen LogP contribution in [-0.2, 0) is 0 Å². The number of pyridine rings is 1. The zero-order chi connectivity index (χ0) is 20.3. The molecule has 3 rings (SSSR count). The van der Waals surface area contributed by atoms with Gasteiger partial charge in [-0.1, -0.05) is 23.7 Å². The van der Waals surface area contributed by atoms with E-state index in [1.165, 1.54) is 24.3 Å². The summed E-state index contributed by atoms with van der Waals surface area (Å²) in [4.78, 5) is 15.0. The van der Waals surface area contributed by atoms with Crippen molar-refractivity contribution in [2.24, 2.45) is 0 Å². The van der Waals surface area contributed by atoms with Gasteiger partial charge in [-0.15, -0.1) is 0 Å². The standard InChI is InChI=1S/C17H16ClFN6O3/c1-9-6-15(24-23-9)21-16-12(18)7-14(25(27)28)17(22-16)20-13(8-26)10-2-4-11(19)5-3-10/h2-7,13,26H,8H2,1H3,(H3,20,21,22,23,24)/t13-/m0/s1. The van der Waals surface area contributed by atoms with Gasteiger partial charge in [0, 0.05) is 17.8 Å². The van der Waals surface area contributed by atoms with E-state index in [9.17, 15) is 19.6 Å². The van der Waals surface area contributed by atoms with Crippen LogP contribution in [0.3, 0.4) is 0 Å². The number of aliphatic hydroxyl groups is 1. The number of hydrogen-bond donors (Lipinski definition) is 4. The van der Waals surface area contributed by atoms with E-state index in [0.717, 1.165) is 11.8 Å². The molecule has 0 fully saturated rings. The maximum atomic E-state index is 13.1. The Kier molecular flexibility index (Phi) is 5.71. The number of aliphatic hydroxyl groups excluding tert-OH is 1. The van der Waals surface area contributed by atoms with Gasteiger partial charge in [0.2, 0.25) is 5.82 Å². The van der Waals surface area contributed by atoms with Crippen LogP contribution in [0.4, 0.5) is 27.5 Å². The van der Waals surface area contributed by atoms with Crippen molar-refractivity contribution in [3.8, 4) is 0 Å². The molecule has 4 N–H and O–H groups in total. The van der Waals surface area contributed by atoms with E-state index < -0.39 is 23.4 Å². The highest BCUT2D eigenvalue weighted by Gasteiger charge is 2.23. The molecule has 1 aromatic carbocycles. The van der Waals surface area contributed by atoms with Crippen molar-refractivity contribution in [3.63, 3.8) is 0 Å². The van der Waals surface area contributed by atoms with E-state index in [0.29, 0.717) is 11.4 Å². The van der Waals surface area contributed by atoms with Crippen LogP contribution in [0.25, 0.3) is 0 Å². The molecule has 2 aromatic heterocycles. The number of nitro groups is 1. The smallest absolute Gasteiger partial charge is 0.313 e. The lowest BCUT2D eigenvalue weighted by atomic mass is 10.1. The van der Waals surface area contributed by atoms with Gasteiger partial charge in [0.25, 0.3) is 0 Å². The van der Waals surface area contributed by atoms with Crippen LogP contribution in [0.1, 0.15) is 17.3 Å². The lowest BCUT2D eigenvalue weighted by molar-refractivity contribution is -0.384. The number of nitrogens with one attached hydrogen (secondary N) is 3. The third kappa shape index (κ3) is 4.35. The average Bonchev–Trinajstić information content (AvgIpc) is 3.07. The van der Waals surface area contributed by atoms with Crippen LogP contribution in [0, 0.1) is 22.9 Å². The molecule has 0 aliphatic carbocycles. The summed E-state index contributed by atoms with van der Waals surface area (Å²) < 4.78 is 13.1. The van der Waals surface area contributed by atoms with E-state index in [2.05, 4.69) is 25.8 Å². The van der Waals surface area contributed by atoms with Crippen molar-refractivity contribution in [1.29, 1.82) is 0 Å². The molecule has 1 atom stereocenters. The predicted octanol–water partition coefficient (Wildman–Crippen LogP) is 3.70. The molecule has 0 radical (unpaired) electrons. The number of benzene rings is 1. The van der Waals surface area contributed by atoms with E-state index in [1.807, 2.05) is 6.92 Å². The van der Waals surface area contributed by atoms with E-state index >= 15 is 0 Å². The van der Waals surface area contributed by atoms with E-state index in [-0.39, 0.29) is 22.3 Å². The summed E-state index contributed by atoms with van der Waals surface area (Å²) in [7, 11) is 0. The fourth-order valence-electron chi connectivity index (χ4n) is 2.51. The number of halogens is 2. The molecule has 0 saturated heterocycles. The van der Waals surface area contributed by atoms with Gasteiger partial charge in [0.1, 0.15) is 5.82 Å². The van der Waals surface area contributed by atoms with Crippen molar-refractivity contribution in [1.82, 2.24) is 15.2 Å². The van der Waals surface area contributed by atoms with Crippen LogP contribution in [0.15, 0.2) is 36.4 Å². The minimum atomic E-state index is -0.742. The van der Waals surface area contributed by atoms with Gasteiger partial charge < -0.3 is 15.7 Å². The fourth-order valence-corrected chi connectivity index (χ4v) is 2.70. The Labute approximate surface area is 163 Å². The quantitative estimate of drug-likeness (QED) is 0.347. The number of H-pyrrole nitrogens is 1. The van der Waals surface area contributed by atoms with Crippen molar-refractivity contribution < 1.29 is 14.4 Å². The zero-order valence-electron chi connectivity index (χ0n) is 14.6. The minimum Gasteiger partial charge on any atom is -0.394 e. The average molecular weight is 407 g/mol. The first kappa shape index (κ1) is 19.5. The summed E-state index contributed by atoms with van der Waals surface area (Å²) in [5, 5.41) is 33.6. The summed E-state index contributed by atoms with van der Waals surface area (Å²) in [6, 6.07) is 7.52. The number of nitrogens with zero attached hydrogens (tertiary/aromatic N) is 3. The van der Waals surface area contributed by atoms with Crippen molar-refractivity contribution in [2.45, 2.75) is 13.0 Å². The first-order valence-electron chi connectivity index (χ1n) is 8.14. The summed E-state index contributed by atoms with van der Waals surface area (Å²) in [6.07, 6.45) is 0. The molecule has 0 spiro atoms. The van der Waals surface area contributed by atoms with Crippen molar-refractivity contribution in [3.05, 3.63) is 68.6 Å². The number of anilines is 3. The largest absolute Gasteiger partial charge is 0.394 e. The van der Waals surface area contributed by atoms with Gasteiger partial charge in [-0.3, -0.25) is 15.2 Å². The van der Waals surface area contributed by atoms with Crippen LogP contribution in [0.5, 0.6) is 0 Å². The van der Waals surface area contributed by atoms with Gasteiger partial charge in [-0.2, -0.15) is 5.10 Å². The Morgan fingerprint density at radius 1 is 1.32 bits per heavy atom. The molecule has 2 heterocycles. The van der Waals surface area contributed by atoms with Gasteiger partial charge >= 0.3 is 5.69 Å². The van der Waals surface area contributed by atoms with Crippen molar-refractivity contribution >= 4 is 34.7 Å². The number of rotatable bonds is 7. The second kappa shape index (κ2) is 8.19. The molecule has 0 saturated carbocycles. The predicted molar refractivity (Wildman–Crippen MR) is 102 cm³/mol. The highest BCUT2D eigenvalue weighted by atomic mass is 35.5. The van der Waals surface area contributed by atoms with Gasteiger partial charge in [0.05, 0.1) is 22.6 Å². The first-order valence-corrected chi connectivity index (χ1v) is 8.52. The molecule has 0 amide bonds. The number of aromatic nitrogens is 3. The minimum absolute atomic E-state index is 0.0280. The molecule has 146 valence electrons. The van der Waals surface area contributed by atoms with Crippen LogP contribution >= 0.6 is 11.6 Å². The Bertz CT molecular complexity index is 995. The number of hydrogen-bond acceptors (Lipinski definition) is 7. The lowest BCUT2D eigenvalue weighted by Crippen LogP contribution is -2.17. The van der Waals surface area contributed by atoms with Gasteiger partial charge in [-0.05, 0) is 24.6 Å². The third-order valence-corrected chi connectivity index (χ3v) is 4.16. The maximum absolute atomic E-state index is 13.1. The summed E-state index contributed by atoms with van der Waals surface area (Å²) in [5.74, 6) is 0.0466. The molecule has 11 heteroatoms. The summed E-state index contributed by atoms with van der Waals surface area (Å²) in [5.41, 5.74) is 0.970. The molecular formula is C17H16ClFN6O3. The van der Waals surface area contributed by atoms with Crippen LogP contribution in [0.2, 0.25) is 5.02 Å². The molecule has 0 aliphatic heterocycles. The van der Waals surface area contributed by atoms with Gasteiger partial charge in [0.15, 0.2) is 11.6 Å². The van der Waals surface area contributed by atoms with Crippen LogP contribution in [-0.4, -0.2) is 31.8 Å². The Morgan fingerprint density at radius 2 is 2.04 bits per heavy atom. The second-order valence-electron chi connectivity index (χ2n) is 5.94. The zero-order valence-corrected chi connectivity index (χ0v) is 15.4. The molecule has 0 bridgehead atoms. The second-order valence-corrected chi connectivity index (χ2v) is 6.34. The van der Waals surface area contributed by atoms with E-state index in [1.54, 1.807) is 6.07 Å². The molecule has 9 nitrogen and oxygen atoms in total. The van der Waals surface area contributed by atoms with E-state index in [4.69, 9.17) is 11.6 Å². The normalized spacial score (nSPS) is 11.9.